The van der Waals surface area contributed by atoms with Gasteiger partial charge in [0.25, 0.3) is 0 Å². The van der Waals surface area contributed by atoms with E-state index in [1.54, 1.807) is 0 Å². The van der Waals surface area contributed by atoms with Crippen molar-refractivity contribution in [2.24, 2.45) is 5.92 Å². The van der Waals surface area contributed by atoms with E-state index in [0.717, 1.165) is 31.4 Å². The Kier molecular flexibility index (Phi) is 6.84. The fraction of sp³-hybridized carbons (Fsp3) is 0.812. The van der Waals surface area contributed by atoms with Gasteiger partial charge >= 0.3 is 0 Å². The molecule has 0 radical (unpaired) electrons. The monoisotopic (exact) mass is 313 g/mol. The Morgan fingerprint density at radius 2 is 2.05 bits per heavy atom. The highest BCUT2D eigenvalue weighted by atomic mass is 35.5. The highest BCUT2D eigenvalue weighted by Gasteiger charge is 2.15. The van der Waals surface area contributed by atoms with Crippen molar-refractivity contribution < 1.29 is 4.74 Å². The van der Waals surface area contributed by atoms with E-state index >= 15 is 0 Å². The number of hydrogen-bond donors (Lipinski definition) is 1. The summed E-state index contributed by atoms with van der Waals surface area (Å²) < 4.78 is 7.86. The number of nitrogens with one attached hydrogen (secondary N) is 1. The summed E-state index contributed by atoms with van der Waals surface area (Å²) in [7, 11) is 0. The first-order chi connectivity index (χ1) is 9.90. The van der Waals surface area contributed by atoms with E-state index in [-0.39, 0.29) is 12.4 Å². The number of nitrogens with zero attached hydrogens (tertiary/aromatic N) is 2. The second-order valence-corrected chi connectivity index (χ2v) is 6.34. The molecule has 2 heterocycles. The second kappa shape index (κ2) is 8.64. The van der Waals surface area contributed by atoms with Crippen LogP contribution in [0.1, 0.15) is 51.4 Å². The molecule has 1 aromatic rings. The molecule has 3 rings (SSSR count). The van der Waals surface area contributed by atoms with Crippen molar-refractivity contribution >= 4 is 12.4 Å². The zero-order chi connectivity index (χ0) is 13.6. The molecule has 120 valence electrons. The maximum Gasteiger partial charge on any atom is 0.157 e. The summed E-state index contributed by atoms with van der Waals surface area (Å²) in [6, 6.07) is 0.528. The van der Waals surface area contributed by atoms with Gasteiger partial charge in [-0.1, -0.05) is 32.1 Å². The van der Waals surface area contributed by atoms with E-state index in [4.69, 9.17) is 4.74 Å². The van der Waals surface area contributed by atoms with E-state index in [2.05, 4.69) is 16.6 Å². The van der Waals surface area contributed by atoms with E-state index < -0.39 is 0 Å². The molecule has 1 aliphatic heterocycles. The van der Waals surface area contributed by atoms with Gasteiger partial charge in [0.2, 0.25) is 0 Å². The summed E-state index contributed by atoms with van der Waals surface area (Å²) in [5.41, 5.74) is 0. The molecule has 21 heavy (non-hydrogen) atoms. The molecule has 0 bridgehead atoms. The predicted molar refractivity (Wildman–Crippen MR) is 87.2 cm³/mol. The van der Waals surface area contributed by atoms with Crippen LogP contribution in [0.25, 0.3) is 0 Å². The van der Waals surface area contributed by atoms with Crippen LogP contribution in [0.15, 0.2) is 12.4 Å². The highest BCUT2D eigenvalue weighted by molar-refractivity contribution is 5.85. The highest BCUT2D eigenvalue weighted by Crippen LogP contribution is 2.26. The van der Waals surface area contributed by atoms with Gasteiger partial charge < -0.3 is 10.1 Å². The fourth-order valence-electron chi connectivity index (χ4n) is 3.43. The molecule has 0 aromatic carbocycles. The molecule has 1 unspecified atom stereocenters. The Bertz CT molecular complexity index is 398. The first-order valence-electron chi connectivity index (χ1n) is 8.29. The summed E-state index contributed by atoms with van der Waals surface area (Å²) >= 11 is 0. The van der Waals surface area contributed by atoms with Gasteiger partial charge in [0.05, 0.1) is 12.4 Å². The van der Waals surface area contributed by atoms with Crippen LogP contribution in [0.4, 0.5) is 0 Å². The lowest BCUT2D eigenvalue weighted by molar-refractivity contribution is 0.276. The molecule has 2 fully saturated rings. The largest absolute Gasteiger partial charge is 0.489 e. The maximum absolute atomic E-state index is 5.82. The molecule has 1 N–H and O–H groups in total. The Balaban J connectivity index is 0.00000161. The summed E-state index contributed by atoms with van der Waals surface area (Å²) in [5, 5.41) is 7.87. The van der Waals surface area contributed by atoms with Crippen molar-refractivity contribution in [2.45, 2.75) is 64.0 Å². The minimum absolute atomic E-state index is 0. The molecule has 0 spiro atoms. The first kappa shape index (κ1) is 16.6. The fourth-order valence-corrected chi connectivity index (χ4v) is 3.43. The Labute approximate surface area is 134 Å². The van der Waals surface area contributed by atoms with Gasteiger partial charge in [-0.2, -0.15) is 5.10 Å². The summed E-state index contributed by atoms with van der Waals surface area (Å²) in [6.45, 7) is 2.94. The van der Waals surface area contributed by atoms with Crippen molar-refractivity contribution in [2.75, 3.05) is 13.2 Å². The average molecular weight is 314 g/mol. The van der Waals surface area contributed by atoms with Crippen LogP contribution < -0.4 is 10.1 Å². The van der Waals surface area contributed by atoms with Gasteiger partial charge in [0.1, 0.15) is 6.61 Å². The smallest absolute Gasteiger partial charge is 0.157 e. The minimum Gasteiger partial charge on any atom is -0.489 e. The zero-order valence-corrected chi connectivity index (χ0v) is 13.6. The third kappa shape index (κ3) is 5.19. The lowest BCUT2D eigenvalue weighted by Crippen LogP contribution is -2.28. The molecule has 1 saturated heterocycles. The van der Waals surface area contributed by atoms with Gasteiger partial charge in [0, 0.05) is 12.6 Å². The summed E-state index contributed by atoms with van der Waals surface area (Å²) in [5.74, 6) is 1.84. The Morgan fingerprint density at radius 1 is 1.19 bits per heavy atom. The normalized spacial score (nSPS) is 23.0. The van der Waals surface area contributed by atoms with Crippen LogP contribution in [0.2, 0.25) is 0 Å². The number of rotatable bonds is 6. The number of hydrogen-bond acceptors (Lipinski definition) is 3. The van der Waals surface area contributed by atoms with Gasteiger partial charge in [-0.05, 0) is 31.7 Å². The predicted octanol–water partition coefficient (Wildman–Crippen LogP) is 3.41. The van der Waals surface area contributed by atoms with Gasteiger partial charge in [-0.3, -0.25) is 4.68 Å². The Hall–Kier alpha value is -0.740. The summed E-state index contributed by atoms with van der Waals surface area (Å²) in [4.78, 5) is 0. The number of halogens is 1. The lowest BCUT2D eigenvalue weighted by atomic mass is 9.87. The van der Waals surface area contributed by atoms with Gasteiger partial charge in [-0.15, -0.1) is 12.4 Å². The standard InChI is InChI=1S/C16H27N3O.ClH/c1-2-5-14(6-3-1)8-10-19-12-16(11-18-19)20-13-15-7-4-9-17-15;/h11-12,14-15,17H,1-10,13H2;1H. The Morgan fingerprint density at radius 3 is 2.81 bits per heavy atom. The van der Waals surface area contributed by atoms with Crippen LogP contribution in [0, 0.1) is 5.92 Å². The zero-order valence-electron chi connectivity index (χ0n) is 12.8. The van der Waals surface area contributed by atoms with Crippen LogP contribution in [0.3, 0.4) is 0 Å². The molecule has 1 atom stereocenters. The SMILES string of the molecule is Cl.c1nn(CCC2CCCCC2)cc1OCC1CCCN1. The third-order valence-corrected chi connectivity index (χ3v) is 4.71. The minimum atomic E-state index is 0. The van der Waals surface area contributed by atoms with Crippen LogP contribution >= 0.6 is 12.4 Å². The van der Waals surface area contributed by atoms with Crippen molar-refractivity contribution in [1.29, 1.82) is 0 Å². The van der Waals surface area contributed by atoms with E-state index in [9.17, 15) is 0 Å². The van der Waals surface area contributed by atoms with Crippen molar-refractivity contribution in [3.8, 4) is 5.75 Å². The number of ether oxygens (including phenoxy) is 1. The number of aryl methyl sites for hydroxylation is 1. The molecule has 4 nitrogen and oxygen atoms in total. The van der Waals surface area contributed by atoms with Gasteiger partial charge in [0.15, 0.2) is 5.75 Å². The molecule has 1 saturated carbocycles. The van der Waals surface area contributed by atoms with E-state index in [1.807, 2.05) is 10.9 Å². The molecular formula is C16H28ClN3O. The third-order valence-electron chi connectivity index (χ3n) is 4.71. The van der Waals surface area contributed by atoms with E-state index in [0.29, 0.717) is 6.04 Å². The lowest BCUT2D eigenvalue weighted by Gasteiger charge is -2.21. The first-order valence-corrected chi connectivity index (χ1v) is 8.29. The van der Waals surface area contributed by atoms with Crippen molar-refractivity contribution in [3.05, 3.63) is 12.4 Å². The van der Waals surface area contributed by atoms with E-state index in [1.165, 1.54) is 51.4 Å². The van der Waals surface area contributed by atoms with Crippen molar-refractivity contribution in [1.82, 2.24) is 15.1 Å². The average Bonchev–Trinajstić information content (AvgIpc) is 3.16. The van der Waals surface area contributed by atoms with Crippen molar-refractivity contribution in [3.63, 3.8) is 0 Å². The molecule has 1 aromatic heterocycles. The maximum atomic E-state index is 5.82. The van der Waals surface area contributed by atoms with Crippen LogP contribution in [0.5, 0.6) is 5.75 Å². The van der Waals surface area contributed by atoms with Gasteiger partial charge in [-0.25, -0.2) is 0 Å². The number of aromatic nitrogens is 2. The van der Waals surface area contributed by atoms with Crippen LogP contribution in [-0.4, -0.2) is 29.0 Å². The topological polar surface area (TPSA) is 39.1 Å². The molecule has 0 amide bonds. The molecule has 5 heteroatoms. The van der Waals surface area contributed by atoms with Crippen LogP contribution in [-0.2, 0) is 6.54 Å². The molecule has 1 aliphatic carbocycles. The molecular weight excluding hydrogens is 286 g/mol. The summed E-state index contributed by atoms with van der Waals surface area (Å²) in [6.07, 6.45) is 14.8. The quantitative estimate of drug-likeness (QED) is 0.875. The molecule has 2 aliphatic rings. The second-order valence-electron chi connectivity index (χ2n) is 6.34.